The largest absolute Gasteiger partial charge is 0.348 e. The lowest BCUT2D eigenvalue weighted by atomic mass is 9.86. The monoisotopic (exact) mass is 430 g/mol. The molecule has 0 heterocycles. The number of carbonyl (C=O) groups excluding carboxylic acids is 1. The number of anilines is 1. The first-order chi connectivity index (χ1) is 13.7. The van der Waals surface area contributed by atoms with Crippen molar-refractivity contribution in [2.24, 2.45) is 0 Å². The first-order valence-corrected chi connectivity index (χ1v) is 12.0. The van der Waals surface area contributed by atoms with Gasteiger partial charge in [0.15, 0.2) is 0 Å². The molecule has 30 heavy (non-hydrogen) atoms. The number of hydrogen-bond donors (Lipinski definition) is 1. The van der Waals surface area contributed by atoms with Crippen LogP contribution < -0.4 is 9.62 Å². The number of benzene rings is 2. The van der Waals surface area contributed by atoms with Gasteiger partial charge in [0.1, 0.15) is 6.04 Å². The Morgan fingerprint density at radius 1 is 0.967 bits per heavy atom. The third-order valence-corrected chi connectivity index (χ3v) is 6.71. The van der Waals surface area contributed by atoms with Crippen LogP contribution in [0.25, 0.3) is 0 Å². The molecule has 1 N–H and O–H groups in total. The van der Waals surface area contributed by atoms with Crippen molar-refractivity contribution in [3.8, 4) is 0 Å². The van der Waals surface area contributed by atoms with E-state index >= 15 is 0 Å². The average molecular weight is 431 g/mol. The number of amides is 1. The smallest absolute Gasteiger partial charge is 0.244 e. The molecular formula is C24H34N2O3S. The normalized spacial score (nSPS) is 14.1. The zero-order valence-corrected chi connectivity index (χ0v) is 20.1. The van der Waals surface area contributed by atoms with Crippen LogP contribution in [0.2, 0.25) is 0 Å². The molecule has 5 nitrogen and oxygen atoms in total. The zero-order chi connectivity index (χ0) is 22.9. The van der Waals surface area contributed by atoms with Crippen LogP contribution in [0.4, 0.5) is 5.69 Å². The first kappa shape index (κ1) is 23.9. The van der Waals surface area contributed by atoms with E-state index in [0.29, 0.717) is 5.69 Å². The van der Waals surface area contributed by atoms with Crippen LogP contribution in [0.15, 0.2) is 42.5 Å². The maximum atomic E-state index is 12.9. The fraction of sp³-hybridized carbons (Fsp3) is 0.458. The summed E-state index contributed by atoms with van der Waals surface area (Å²) < 4.78 is 26.2. The molecule has 0 spiro atoms. The maximum absolute atomic E-state index is 12.9. The van der Waals surface area contributed by atoms with Crippen molar-refractivity contribution in [1.29, 1.82) is 0 Å². The molecule has 0 saturated heterocycles. The summed E-state index contributed by atoms with van der Waals surface area (Å²) in [7, 11) is -3.64. The van der Waals surface area contributed by atoms with E-state index in [0.717, 1.165) is 22.9 Å². The third kappa shape index (κ3) is 5.63. The average Bonchev–Trinajstić information content (AvgIpc) is 2.63. The highest BCUT2D eigenvalue weighted by Crippen LogP contribution is 2.26. The number of nitrogens with one attached hydrogen (secondary N) is 1. The molecule has 2 aromatic rings. The molecule has 2 aromatic carbocycles. The Hall–Kier alpha value is -2.34. The van der Waals surface area contributed by atoms with Gasteiger partial charge in [0, 0.05) is 0 Å². The van der Waals surface area contributed by atoms with Gasteiger partial charge in [0.05, 0.1) is 18.0 Å². The molecule has 0 radical (unpaired) electrons. The number of aryl methyl sites for hydroxylation is 2. The highest BCUT2D eigenvalue weighted by Gasteiger charge is 2.30. The van der Waals surface area contributed by atoms with Crippen molar-refractivity contribution < 1.29 is 13.2 Å². The minimum Gasteiger partial charge on any atom is -0.348 e. The second-order valence-electron chi connectivity index (χ2n) is 9.11. The summed E-state index contributed by atoms with van der Waals surface area (Å²) in [5.41, 5.74) is 4.78. The summed E-state index contributed by atoms with van der Waals surface area (Å²) in [6.07, 6.45) is 1.13. The fourth-order valence-corrected chi connectivity index (χ4v) is 4.53. The van der Waals surface area contributed by atoms with Crippen LogP contribution in [-0.4, -0.2) is 26.6 Å². The quantitative estimate of drug-likeness (QED) is 0.726. The second kappa shape index (κ2) is 8.80. The van der Waals surface area contributed by atoms with E-state index in [1.807, 2.05) is 39.0 Å². The SMILES string of the molecule is Cc1ccc(N(C(C)C(=O)NC(C)c2ccc(C(C)(C)C)cc2)S(C)(=O)=O)cc1C. The topological polar surface area (TPSA) is 66.5 Å². The molecule has 0 fully saturated rings. The van der Waals surface area contributed by atoms with E-state index in [2.05, 4.69) is 38.2 Å². The van der Waals surface area contributed by atoms with E-state index < -0.39 is 16.1 Å². The van der Waals surface area contributed by atoms with E-state index in [1.165, 1.54) is 9.87 Å². The summed E-state index contributed by atoms with van der Waals surface area (Å²) in [6, 6.07) is 12.4. The molecule has 0 aliphatic heterocycles. The maximum Gasteiger partial charge on any atom is 0.244 e. The summed E-state index contributed by atoms with van der Waals surface area (Å²) in [5, 5.41) is 2.96. The van der Waals surface area contributed by atoms with Crippen LogP contribution >= 0.6 is 0 Å². The van der Waals surface area contributed by atoms with Gasteiger partial charge in [-0.1, -0.05) is 51.1 Å². The van der Waals surface area contributed by atoms with E-state index in [-0.39, 0.29) is 17.4 Å². The Balaban J connectivity index is 2.23. The number of rotatable bonds is 6. The van der Waals surface area contributed by atoms with E-state index in [9.17, 15) is 13.2 Å². The molecule has 1 amide bonds. The van der Waals surface area contributed by atoms with Gasteiger partial charge in [-0.2, -0.15) is 0 Å². The Bertz CT molecular complexity index is 1010. The molecule has 2 unspecified atom stereocenters. The van der Waals surface area contributed by atoms with Crippen molar-refractivity contribution >= 4 is 21.6 Å². The summed E-state index contributed by atoms with van der Waals surface area (Å²) in [5.74, 6) is -0.342. The molecule has 0 aliphatic carbocycles. The Morgan fingerprint density at radius 3 is 2.00 bits per heavy atom. The number of nitrogens with zero attached hydrogens (tertiary/aromatic N) is 1. The van der Waals surface area contributed by atoms with Gasteiger partial charge in [-0.3, -0.25) is 9.10 Å². The van der Waals surface area contributed by atoms with Crippen LogP contribution in [-0.2, 0) is 20.2 Å². The van der Waals surface area contributed by atoms with Gasteiger partial charge in [-0.05, 0) is 67.5 Å². The highest BCUT2D eigenvalue weighted by molar-refractivity contribution is 7.92. The zero-order valence-electron chi connectivity index (χ0n) is 19.3. The molecule has 6 heteroatoms. The lowest BCUT2D eigenvalue weighted by Gasteiger charge is -2.30. The molecule has 0 aromatic heterocycles. The van der Waals surface area contributed by atoms with Gasteiger partial charge in [-0.15, -0.1) is 0 Å². The Morgan fingerprint density at radius 2 is 1.53 bits per heavy atom. The minimum atomic E-state index is -3.64. The van der Waals surface area contributed by atoms with Crippen molar-refractivity contribution in [2.75, 3.05) is 10.6 Å². The third-order valence-electron chi connectivity index (χ3n) is 5.47. The number of carbonyl (C=O) groups is 1. The van der Waals surface area contributed by atoms with Crippen LogP contribution in [0.5, 0.6) is 0 Å². The fourth-order valence-electron chi connectivity index (χ4n) is 3.36. The van der Waals surface area contributed by atoms with Crippen LogP contribution in [0.1, 0.15) is 62.9 Å². The lowest BCUT2D eigenvalue weighted by Crippen LogP contribution is -2.48. The van der Waals surface area contributed by atoms with Gasteiger partial charge in [-0.25, -0.2) is 8.42 Å². The number of hydrogen-bond acceptors (Lipinski definition) is 3. The van der Waals surface area contributed by atoms with Crippen molar-refractivity contribution in [3.63, 3.8) is 0 Å². The molecular weight excluding hydrogens is 396 g/mol. The number of sulfonamides is 1. The Labute approximate surface area is 181 Å². The van der Waals surface area contributed by atoms with Gasteiger partial charge < -0.3 is 5.32 Å². The van der Waals surface area contributed by atoms with Gasteiger partial charge >= 0.3 is 0 Å². The molecule has 164 valence electrons. The second-order valence-corrected chi connectivity index (χ2v) is 11.0. The summed E-state index contributed by atoms with van der Waals surface area (Å²) in [6.45, 7) is 13.9. The van der Waals surface area contributed by atoms with Crippen molar-refractivity contribution in [3.05, 3.63) is 64.7 Å². The lowest BCUT2D eigenvalue weighted by molar-refractivity contribution is -0.122. The molecule has 2 atom stereocenters. The molecule has 0 saturated carbocycles. The van der Waals surface area contributed by atoms with Crippen molar-refractivity contribution in [2.45, 2.75) is 66.0 Å². The molecule has 2 rings (SSSR count). The first-order valence-electron chi connectivity index (χ1n) is 10.2. The van der Waals surface area contributed by atoms with Gasteiger partial charge in [0.25, 0.3) is 0 Å². The van der Waals surface area contributed by atoms with E-state index in [4.69, 9.17) is 0 Å². The van der Waals surface area contributed by atoms with Crippen LogP contribution in [0, 0.1) is 13.8 Å². The molecule has 0 bridgehead atoms. The summed E-state index contributed by atoms with van der Waals surface area (Å²) in [4.78, 5) is 12.9. The standard InChI is InChI=1S/C24H34N2O3S/c1-16-9-14-22(15-17(16)2)26(30(8,28)29)19(4)23(27)25-18(3)20-10-12-21(13-11-20)24(5,6)7/h9-15,18-19H,1-8H3,(H,25,27). The predicted octanol–water partition coefficient (Wildman–Crippen LogP) is 4.63. The van der Waals surface area contributed by atoms with Crippen LogP contribution in [0.3, 0.4) is 0 Å². The van der Waals surface area contributed by atoms with Gasteiger partial charge in [0.2, 0.25) is 15.9 Å². The van der Waals surface area contributed by atoms with E-state index in [1.54, 1.807) is 19.1 Å². The predicted molar refractivity (Wildman–Crippen MR) is 124 cm³/mol. The summed E-state index contributed by atoms with van der Waals surface area (Å²) >= 11 is 0. The highest BCUT2D eigenvalue weighted by atomic mass is 32.2. The van der Waals surface area contributed by atoms with Crippen molar-refractivity contribution in [1.82, 2.24) is 5.32 Å². The Kier molecular flexibility index (Phi) is 7.02. The molecule has 0 aliphatic rings. The minimum absolute atomic E-state index is 0.0572.